The summed E-state index contributed by atoms with van der Waals surface area (Å²) in [6, 6.07) is 14.4. The number of morpholine rings is 1. The van der Waals surface area contributed by atoms with E-state index in [-0.39, 0.29) is 11.6 Å². The highest BCUT2D eigenvalue weighted by molar-refractivity contribution is 6.40. The number of para-hydroxylation sites is 1. The van der Waals surface area contributed by atoms with Crippen molar-refractivity contribution in [3.05, 3.63) is 65.2 Å². The van der Waals surface area contributed by atoms with E-state index in [9.17, 15) is 14.4 Å². The number of amides is 3. The zero-order chi connectivity index (χ0) is 22.1. The zero-order valence-corrected chi connectivity index (χ0v) is 17.6. The van der Waals surface area contributed by atoms with E-state index < -0.39 is 11.8 Å². The molecule has 3 rings (SSSR count). The van der Waals surface area contributed by atoms with Crippen molar-refractivity contribution in [3.8, 4) is 0 Å². The molecule has 1 aliphatic heterocycles. The van der Waals surface area contributed by atoms with Crippen molar-refractivity contribution >= 4 is 23.4 Å². The molecule has 164 valence electrons. The van der Waals surface area contributed by atoms with Gasteiger partial charge in [0.05, 0.1) is 24.5 Å². The van der Waals surface area contributed by atoms with E-state index in [1.807, 2.05) is 31.2 Å². The van der Waals surface area contributed by atoms with Crippen LogP contribution in [0.1, 0.15) is 21.5 Å². The largest absolute Gasteiger partial charge is 0.379 e. The van der Waals surface area contributed by atoms with Crippen LogP contribution in [0.25, 0.3) is 0 Å². The van der Waals surface area contributed by atoms with Gasteiger partial charge in [-0.05, 0) is 30.2 Å². The van der Waals surface area contributed by atoms with Gasteiger partial charge in [-0.15, -0.1) is 0 Å². The molecule has 0 unspecified atom stereocenters. The summed E-state index contributed by atoms with van der Waals surface area (Å²) in [5.74, 6) is -1.86. The van der Waals surface area contributed by atoms with E-state index in [2.05, 4.69) is 20.9 Å². The fourth-order valence-electron chi connectivity index (χ4n) is 3.28. The molecule has 8 nitrogen and oxygen atoms in total. The van der Waals surface area contributed by atoms with E-state index in [0.29, 0.717) is 38.4 Å². The van der Waals surface area contributed by atoms with Crippen LogP contribution in [0.2, 0.25) is 0 Å². The van der Waals surface area contributed by atoms with E-state index in [1.165, 1.54) is 0 Å². The average molecular weight is 425 g/mol. The molecule has 3 N–H and O–H groups in total. The molecule has 0 saturated carbocycles. The maximum Gasteiger partial charge on any atom is 0.313 e. The Morgan fingerprint density at radius 1 is 0.935 bits per heavy atom. The zero-order valence-electron chi connectivity index (χ0n) is 17.6. The summed E-state index contributed by atoms with van der Waals surface area (Å²) in [7, 11) is 0. The summed E-state index contributed by atoms with van der Waals surface area (Å²) in [4.78, 5) is 39.3. The lowest BCUT2D eigenvalue weighted by Gasteiger charge is -2.26. The normalized spacial score (nSPS) is 14.0. The van der Waals surface area contributed by atoms with E-state index in [0.717, 1.165) is 24.2 Å². The lowest BCUT2D eigenvalue weighted by Crippen LogP contribution is -2.43. The topological polar surface area (TPSA) is 99.8 Å². The van der Waals surface area contributed by atoms with Gasteiger partial charge < -0.3 is 20.7 Å². The van der Waals surface area contributed by atoms with Crippen LogP contribution in [0.15, 0.2) is 48.5 Å². The first-order valence-corrected chi connectivity index (χ1v) is 10.4. The van der Waals surface area contributed by atoms with Gasteiger partial charge in [0.2, 0.25) is 0 Å². The van der Waals surface area contributed by atoms with Crippen molar-refractivity contribution in [1.29, 1.82) is 0 Å². The van der Waals surface area contributed by atoms with Crippen molar-refractivity contribution in [2.24, 2.45) is 0 Å². The molecule has 31 heavy (non-hydrogen) atoms. The molecule has 0 atom stereocenters. The predicted octanol–water partition coefficient (Wildman–Crippen LogP) is 1.31. The minimum Gasteiger partial charge on any atom is -0.379 e. The molecule has 0 aliphatic carbocycles. The summed E-state index contributed by atoms with van der Waals surface area (Å²) in [6.07, 6.45) is 0. The van der Waals surface area contributed by atoms with Crippen LogP contribution in [0, 0.1) is 6.92 Å². The van der Waals surface area contributed by atoms with E-state index >= 15 is 0 Å². The van der Waals surface area contributed by atoms with Gasteiger partial charge in [0.15, 0.2) is 0 Å². The molecule has 1 saturated heterocycles. The van der Waals surface area contributed by atoms with Gasteiger partial charge in [-0.3, -0.25) is 19.3 Å². The second kappa shape index (κ2) is 11.2. The van der Waals surface area contributed by atoms with Gasteiger partial charge >= 0.3 is 11.8 Å². The maximum absolute atomic E-state index is 12.7. The Morgan fingerprint density at radius 2 is 1.65 bits per heavy atom. The third-order valence-electron chi connectivity index (χ3n) is 5.14. The molecule has 2 aromatic rings. The number of rotatable bonds is 7. The first-order chi connectivity index (χ1) is 15.0. The Balaban J connectivity index is 1.52. The van der Waals surface area contributed by atoms with Gasteiger partial charge in [0, 0.05) is 32.7 Å². The minimum absolute atomic E-state index is 0.290. The molecule has 0 bridgehead atoms. The van der Waals surface area contributed by atoms with Crippen molar-refractivity contribution < 1.29 is 19.1 Å². The summed E-state index contributed by atoms with van der Waals surface area (Å²) >= 11 is 0. The number of aryl methyl sites for hydroxylation is 1. The van der Waals surface area contributed by atoms with Crippen LogP contribution in [-0.4, -0.2) is 62.0 Å². The summed E-state index contributed by atoms with van der Waals surface area (Å²) in [6.45, 7) is 6.35. The first-order valence-electron chi connectivity index (χ1n) is 10.4. The lowest BCUT2D eigenvalue weighted by molar-refractivity contribution is -0.136. The van der Waals surface area contributed by atoms with Gasteiger partial charge in [0.1, 0.15) is 0 Å². The monoisotopic (exact) mass is 424 g/mol. The summed E-state index contributed by atoms with van der Waals surface area (Å²) in [5.41, 5.74) is 2.68. The lowest BCUT2D eigenvalue weighted by atomic mass is 10.1. The van der Waals surface area contributed by atoms with Gasteiger partial charge in [-0.25, -0.2) is 0 Å². The van der Waals surface area contributed by atoms with Crippen molar-refractivity contribution in [2.45, 2.75) is 13.5 Å². The van der Waals surface area contributed by atoms with Crippen LogP contribution in [0.3, 0.4) is 0 Å². The number of hydrogen-bond donors (Lipinski definition) is 3. The molecule has 8 heteroatoms. The standard InChI is InChI=1S/C23H28N4O4/c1-17-6-2-3-7-18(17)16-25-21(28)19-8-4-5-9-20(19)26-23(30)22(29)24-10-11-27-12-14-31-15-13-27/h2-9H,10-16H2,1H3,(H,24,29)(H,25,28)(H,26,30). The molecule has 0 aromatic heterocycles. The van der Waals surface area contributed by atoms with Crippen LogP contribution in [0.5, 0.6) is 0 Å². The molecule has 1 aliphatic rings. The molecular weight excluding hydrogens is 396 g/mol. The van der Waals surface area contributed by atoms with Crippen LogP contribution in [0.4, 0.5) is 5.69 Å². The minimum atomic E-state index is -0.805. The van der Waals surface area contributed by atoms with Gasteiger partial charge in [-0.2, -0.15) is 0 Å². The first kappa shape index (κ1) is 22.5. The predicted molar refractivity (Wildman–Crippen MR) is 118 cm³/mol. The van der Waals surface area contributed by atoms with Crippen LogP contribution < -0.4 is 16.0 Å². The number of hydrogen-bond acceptors (Lipinski definition) is 5. The highest BCUT2D eigenvalue weighted by Gasteiger charge is 2.18. The molecule has 1 fully saturated rings. The fraction of sp³-hybridized carbons (Fsp3) is 0.348. The molecule has 2 aromatic carbocycles. The Kier molecular flexibility index (Phi) is 8.14. The van der Waals surface area contributed by atoms with Crippen LogP contribution in [-0.2, 0) is 20.9 Å². The Bertz CT molecular complexity index is 925. The number of carbonyl (C=O) groups is 3. The van der Waals surface area contributed by atoms with Gasteiger partial charge in [-0.1, -0.05) is 36.4 Å². The van der Waals surface area contributed by atoms with E-state index in [1.54, 1.807) is 24.3 Å². The molecule has 0 spiro atoms. The number of nitrogens with one attached hydrogen (secondary N) is 3. The number of ether oxygens (including phenoxy) is 1. The van der Waals surface area contributed by atoms with Crippen LogP contribution >= 0.6 is 0 Å². The fourth-order valence-corrected chi connectivity index (χ4v) is 3.28. The highest BCUT2D eigenvalue weighted by Crippen LogP contribution is 2.15. The Morgan fingerprint density at radius 3 is 2.42 bits per heavy atom. The molecule has 3 amide bonds. The molecule has 1 heterocycles. The number of nitrogens with zero attached hydrogens (tertiary/aromatic N) is 1. The second-order valence-corrected chi connectivity index (χ2v) is 7.32. The smallest absolute Gasteiger partial charge is 0.313 e. The van der Waals surface area contributed by atoms with Crippen molar-refractivity contribution in [1.82, 2.24) is 15.5 Å². The average Bonchev–Trinajstić information content (AvgIpc) is 2.79. The summed E-state index contributed by atoms with van der Waals surface area (Å²) < 4.78 is 5.28. The number of anilines is 1. The SMILES string of the molecule is Cc1ccccc1CNC(=O)c1ccccc1NC(=O)C(=O)NCCN1CCOCC1. The van der Waals surface area contributed by atoms with Crippen molar-refractivity contribution in [3.63, 3.8) is 0 Å². The quantitative estimate of drug-likeness (QED) is 0.582. The molecule has 0 radical (unpaired) electrons. The number of carbonyl (C=O) groups excluding carboxylic acids is 3. The maximum atomic E-state index is 12.7. The Labute approximate surface area is 182 Å². The Hall–Kier alpha value is -3.23. The molecular formula is C23H28N4O4. The summed E-state index contributed by atoms with van der Waals surface area (Å²) in [5, 5.41) is 8.02. The highest BCUT2D eigenvalue weighted by atomic mass is 16.5. The third-order valence-corrected chi connectivity index (χ3v) is 5.14. The van der Waals surface area contributed by atoms with E-state index in [4.69, 9.17) is 4.74 Å². The number of benzene rings is 2. The second-order valence-electron chi connectivity index (χ2n) is 7.32. The van der Waals surface area contributed by atoms with Crippen molar-refractivity contribution in [2.75, 3.05) is 44.7 Å². The third kappa shape index (κ3) is 6.63. The van der Waals surface area contributed by atoms with Gasteiger partial charge in [0.25, 0.3) is 5.91 Å².